The first-order valence-corrected chi connectivity index (χ1v) is 7.05. The van der Waals surface area contributed by atoms with E-state index in [4.69, 9.17) is 15.0 Å². The van der Waals surface area contributed by atoms with Crippen molar-refractivity contribution in [3.8, 4) is 22.8 Å². The summed E-state index contributed by atoms with van der Waals surface area (Å²) in [6.07, 6.45) is -4.71. The number of aromatic nitrogens is 1. The summed E-state index contributed by atoms with van der Waals surface area (Å²) in [7, 11) is 0. The molecular formula is C16H14ClF3N2O3. The molecule has 3 aromatic rings. The molecule has 134 valence electrons. The number of benzene rings is 2. The van der Waals surface area contributed by atoms with Gasteiger partial charge in [0.1, 0.15) is 12.4 Å². The molecule has 0 saturated heterocycles. The van der Waals surface area contributed by atoms with Crippen LogP contribution in [0, 0.1) is 0 Å². The lowest BCUT2D eigenvalue weighted by molar-refractivity contribution is -0.274. The van der Waals surface area contributed by atoms with E-state index in [2.05, 4.69) is 9.89 Å². The van der Waals surface area contributed by atoms with Crippen molar-refractivity contribution in [3.05, 3.63) is 42.5 Å². The summed E-state index contributed by atoms with van der Waals surface area (Å²) < 4.78 is 51.0. The lowest BCUT2D eigenvalue weighted by Crippen LogP contribution is -2.16. The largest absolute Gasteiger partial charge is 0.573 e. The third-order valence-corrected chi connectivity index (χ3v) is 3.21. The van der Waals surface area contributed by atoms with Crippen LogP contribution in [0.4, 0.5) is 13.2 Å². The summed E-state index contributed by atoms with van der Waals surface area (Å²) >= 11 is 0. The third-order valence-electron chi connectivity index (χ3n) is 3.21. The number of ether oxygens (including phenoxy) is 2. The Bertz CT molecular complexity index is 835. The highest BCUT2D eigenvalue weighted by Crippen LogP contribution is 2.31. The van der Waals surface area contributed by atoms with Gasteiger partial charge in [-0.3, -0.25) is 0 Å². The van der Waals surface area contributed by atoms with Gasteiger partial charge in [-0.25, -0.2) is 0 Å². The summed E-state index contributed by atoms with van der Waals surface area (Å²) in [5.41, 5.74) is 7.44. The minimum Gasteiger partial charge on any atom is -0.474 e. The van der Waals surface area contributed by atoms with Crippen molar-refractivity contribution in [3.63, 3.8) is 0 Å². The minimum absolute atomic E-state index is 0. The highest BCUT2D eigenvalue weighted by molar-refractivity contribution is 5.87. The Morgan fingerprint density at radius 3 is 2.36 bits per heavy atom. The first kappa shape index (κ1) is 18.9. The van der Waals surface area contributed by atoms with Crippen molar-refractivity contribution in [2.75, 3.05) is 13.2 Å². The maximum Gasteiger partial charge on any atom is 0.573 e. The van der Waals surface area contributed by atoms with Crippen LogP contribution in [-0.2, 0) is 0 Å². The molecule has 2 aromatic carbocycles. The zero-order valence-corrected chi connectivity index (χ0v) is 13.6. The van der Waals surface area contributed by atoms with Crippen LogP contribution in [0.1, 0.15) is 0 Å². The van der Waals surface area contributed by atoms with Crippen LogP contribution in [0.15, 0.2) is 47.0 Å². The maximum absolute atomic E-state index is 12.2. The predicted molar refractivity (Wildman–Crippen MR) is 87.9 cm³/mol. The van der Waals surface area contributed by atoms with Crippen LogP contribution < -0.4 is 15.2 Å². The average Bonchev–Trinajstić information content (AvgIpc) is 2.94. The Kier molecular flexibility index (Phi) is 5.76. The monoisotopic (exact) mass is 374 g/mol. The second kappa shape index (κ2) is 7.62. The Morgan fingerprint density at radius 2 is 1.72 bits per heavy atom. The molecule has 2 N–H and O–H groups in total. The Labute approximate surface area is 146 Å². The molecule has 1 heterocycles. The molecule has 1 aromatic heterocycles. The van der Waals surface area contributed by atoms with Gasteiger partial charge in [-0.2, -0.15) is 0 Å². The van der Waals surface area contributed by atoms with Crippen LogP contribution in [0.5, 0.6) is 11.6 Å². The van der Waals surface area contributed by atoms with Crippen molar-refractivity contribution < 1.29 is 27.2 Å². The summed E-state index contributed by atoms with van der Waals surface area (Å²) in [5, 5.41) is 4.49. The molecule has 0 bridgehead atoms. The molecular weight excluding hydrogens is 361 g/mol. The SMILES string of the molecule is Cl.NCCOc1noc2ccc(-c3ccc(OC(F)(F)F)cc3)cc12. The summed E-state index contributed by atoms with van der Waals surface area (Å²) in [4.78, 5) is 0. The Hall–Kier alpha value is -2.45. The van der Waals surface area contributed by atoms with Gasteiger partial charge < -0.3 is 19.7 Å². The zero-order chi connectivity index (χ0) is 17.2. The maximum atomic E-state index is 12.2. The second-order valence-corrected chi connectivity index (χ2v) is 4.91. The van der Waals surface area contributed by atoms with E-state index in [1.807, 2.05) is 0 Å². The molecule has 0 aliphatic carbocycles. The summed E-state index contributed by atoms with van der Waals surface area (Å²) in [5.74, 6) is 0.0543. The fourth-order valence-corrected chi connectivity index (χ4v) is 2.20. The summed E-state index contributed by atoms with van der Waals surface area (Å²) in [6, 6.07) is 10.9. The van der Waals surface area contributed by atoms with Crippen molar-refractivity contribution in [1.29, 1.82) is 0 Å². The van der Waals surface area contributed by atoms with Gasteiger partial charge in [0.05, 0.1) is 5.39 Å². The fourth-order valence-electron chi connectivity index (χ4n) is 2.20. The van der Waals surface area contributed by atoms with E-state index in [-0.39, 0.29) is 18.2 Å². The van der Waals surface area contributed by atoms with Crippen molar-refractivity contribution >= 4 is 23.4 Å². The number of fused-ring (bicyclic) bond motifs is 1. The van der Waals surface area contributed by atoms with Crippen LogP contribution in [0.25, 0.3) is 22.1 Å². The van der Waals surface area contributed by atoms with Crippen molar-refractivity contribution in [2.45, 2.75) is 6.36 Å². The van der Waals surface area contributed by atoms with Gasteiger partial charge in [0.15, 0.2) is 5.58 Å². The number of halogens is 4. The highest BCUT2D eigenvalue weighted by atomic mass is 35.5. The lowest BCUT2D eigenvalue weighted by atomic mass is 10.0. The van der Waals surface area contributed by atoms with Gasteiger partial charge in [0, 0.05) is 6.54 Å². The molecule has 0 aliphatic heterocycles. The number of rotatable bonds is 5. The van der Waals surface area contributed by atoms with E-state index in [1.165, 1.54) is 24.3 Å². The van der Waals surface area contributed by atoms with E-state index in [0.717, 1.165) is 11.1 Å². The topological polar surface area (TPSA) is 70.5 Å². The lowest BCUT2D eigenvalue weighted by Gasteiger charge is -2.09. The molecule has 0 fully saturated rings. The standard InChI is InChI=1S/C16H13F3N2O3.ClH/c17-16(18,19)23-12-4-1-10(2-5-12)11-3-6-14-13(9-11)15(21-24-14)22-8-7-20;/h1-6,9H,7-8,20H2;1H. The molecule has 0 saturated carbocycles. The number of hydrogen-bond acceptors (Lipinski definition) is 5. The Balaban J connectivity index is 0.00000225. The summed E-state index contributed by atoms with van der Waals surface area (Å²) in [6.45, 7) is 0.643. The average molecular weight is 375 g/mol. The molecule has 0 atom stereocenters. The van der Waals surface area contributed by atoms with Crippen LogP contribution >= 0.6 is 12.4 Å². The normalized spacial score (nSPS) is 11.2. The number of nitrogens with two attached hydrogens (primary N) is 1. The van der Waals surface area contributed by atoms with Gasteiger partial charge in [-0.05, 0) is 40.5 Å². The van der Waals surface area contributed by atoms with E-state index >= 15 is 0 Å². The van der Waals surface area contributed by atoms with Crippen LogP contribution in [0.3, 0.4) is 0 Å². The smallest absolute Gasteiger partial charge is 0.474 e. The van der Waals surface area contributed by atoms with E-state index in [0.29, 0.717) is 30.0 Å². The van der Waals surface area contributed by atoms with E-state index < -0.39 is 6.36 Å². The molecule has 3 rings (SSSR count). The van der Waals surface area contributed by atoms with Crippen LogP contribution in [-0.4, -0.2) is 24.7 Å². The van der Waals surface area contributed by atoms with Gasteiger partial charge in [0.2, 0.25) is 0 Å². The first-order valence-electron chi connectivity index (χ1n) is 7.05. The van der Waals surface area contributed by atoms with Crippen molar-refractivity contribution in [2.24, 2.45) is 5.73 Å². The third kappa shape index (κ3) is 4.55. The van der Waals surface area contributed by atoms with E-state index in [1.54, 1.807) is 18.2 Å². The molecule has 0 spiro atoms. The van der Waals surface area contributed by atoms with Gasteiger partial charge >= 0.3 is 6.36 Å². The predicted octanol–water partition coefficient (Wildman–Crippen LogP) is 4.15. The molecule has 0 aliphatic rings. The van der Waals surface area contributed by atoms with Gasteiger partial charge in [0.25, 0.3) is 5.88 Å². The number of alkyl halides is 3. The van der Waals surface area contributed by atoms with E-state index in [9.17, 15) is 13.2 Å². The number of hydrogen-bond donors (Lipinski definition) is 1. The second-order valence-electron chi connectivity index (χ2n) is 4.91. The highest BCUT2D eigenvalue weighted by Gasteiger charge is 2.30. The Morgan fingerprint density at radius 1 is 1.04 bits per heavy atom. The van der Waals surface area contributed by atoms with Gasteiger partial charge in [-0.15, -0.1) is 25.6 Å². The molecule has 0 amide bonds. The first-order chi connectivity index (χ1) is 11.5. The van der Waals surface area contributed by atoms with Gasteiger partial charge in [-0.1, -0.05) is 18.2 Å². The molecule has 25 heavy (non-hydrogen) atoms. The minimum atomic E-state index is -4.71. The molecule has 9 heteroatoms. The number of nitrogens with zero attached hydrogens (tertiary/aromatic N) is 1. The fraction of sp³-hybridized carbons (Fsp3) is 0.188. The van der Waals surface area contributed by atoms with Crippen LogP contribution in [0.2, 0.25) is 0 Å². The quantitative estimate of drug-likeness (QED) is 0.726. The molecule has 0 radical (unpaired) electrons. The van der Waals surface area contributed by atoms with Crippen molar-refractivity contribution in [1.82, 2.24) is 5.16 Å². The molecule has 0 unspecified atom stereocenters. The zero-order valence-electron chi connectivity index (χ0n) is 12.7. The molecule has 5 nitrogen and oxygen atoms in total.